The van der Waals surface area contributed by atoms with Gasteiger partial charge in [-0.25, -0.2) is 4.39 Å². The fourth-order valence-electron chi connectivity index (χ4n) is 4.76. The fourth-order valence-corrected chi connectivity index (χ4v) is 5.79. The number of hydrogen-bond donors (Lipinski definition) is 2. The Morgan fingerprint density at radius 3 is 2.68 bits per heavy atom. The van der Waals surface area contributed by atoms with Gasteiger partial charge in [-0.05, 0) is 55.0 Å². The molecule has 1 atom stereocenters. The van der Waals surface area contributed by atoms with E-state index in [1.807, 2.05) is 21.8 Å². The Labute approximate surface area is 223 Å². The number of likely N-dealkylation sites (tertiary alicyclic amines) is 1. The molecule has 2 aromatic heterocycles. The first-order valence-electron chi connectivity index (χ1n) is 12.4. The Balaban J connectivity index is 1.16. The van der Waals surface area contributed by atoms with Gasteiger partial charge in [0.1, 0.15) is 11.6 Å². The second kappa shape index (κ2) is 11.1. The Morgan fingerprint density at radius 2 is 1.97 bits per heavy atom. The second-order valence-electron chi connectivity index (χ2n) is 9.29. The van der Waals surface area contributed by atoms with Gasteiger partial charge in [0, 0.05) is 25.7 Å². The van der Waals surface area contributed by atoms with E-state index in [4.69, 9.17) is 0 Å². The van der Waals surface area contributed by atoms with Crippen LogP contribution >= 0.6 is 11.3 Å². The summed E-state index contributed by atoms with van der Waals surface area (Å²) in [7, 11) is 0. The van der Waals surface area contributed by atoms with E-state index in [0.29, 0.717) is 28.4 Å². The molecule has 7 nitrogen and oxygen atoms in total. The molecule has 0 unspecified atom stereocenters. The maximum absolute atomic E-state index is 14.0. The van der Waals surface area contributed by atoms with Crippen molar-refractivity contribution in [2.24, 2.45) is 0 Å². The van der Waals surface area contributed by atoms with E-state index in [2.05, 4.69) is 22.3 Å². The Kier molecular flexibility index (Phi) is 7.43. The minimum atomic E-state index is -0.305. The van der Waals surface area contributed by atoms with Crippen LogP contribution in [0, 0.1) is 17.7 Å². The highest BCUT2D eigenvalue weighted by atomic mass is 32.1. The molecule has 5 rings (SSSR count). The number of hydrogen-bond acceptors (Lipinski definition) is 5. The number of carbonyl (C=O) groups excluding carboxylic acids is 2. The molecule has 2 amide bonds. The van der Waals surface area contributed by atoms with Gasteiger partial charge in [-0.2, -0.15) is 5.10 Å². The average Bonchev–Trinajstić information content (AvgIpc) is 3.57. The molecule has 2 N–H and O–H groups in total. The molecule has 1 aliphatic rings. The molecule has 0 saturated carbocycles. The third-order valence-electron chi connectivity index (χ3n) is 6.72. The average molecular weight is 531 g/mol. The van der Waals surface area contributed by atoms with Crippen LogP contribution in [-0.2, 0) is 4.79 Å². The van der Waals surface area contributed by atoms with Gasteiger partial charge in [0.2, 0.25) is 5.91 Å². The van der Waals surface area contributed by atoms with E-state index in [1.165, 1.54) is 17.4 Å². The van der Waals surface area contributed by atoms with Crippen LogP contribution in [0.1, 0.15) is 53.4 Å². The topological polar surface area (TPSA) is 87.5 Å². The predicted octanol–water partition coefficient (Wildman–Crippen LogP) is 5.56. The van der Waals surface area contributed by atoms with Gasteiger partial charge in [0.15, 0.2) is 0 Å². The molecule has 0 radical (unpaired) electrons. The van der Waals surface area contributed by atoms with Crippen molar-refractivity contribution in [1.29, 1.82) is 0 Å². The van der Waals surface area contributed by atoms with Gasteiger partial charge >= 0.3 is 0 Å². The van der Waals surface area contributed by atoms with Crippen molar-refractivity contribution in [3.05, 3.63) is 77.2 Å². The van der Waals surface area contributed by atoms with E-state index >= 15 is 0 Å². The number of rotatable bonds is 6. The molecular weight excluding hydrogens is 503 g/mol. The number of nitrogens with one attached hydrogen (secondary N) is 1. The molecule has 9 heteroatoms. The summed E-state index contributed by atoms with van der Waals surface area (Å²) in [6.45, 7) is 2.88. The summed E-state index contributed by atoms with van der Waals surface area (Å²) in [4.78, 5) is 28.1. The maximum atomic E-state index is 14.0. The summed E-state index contributed by atoms with van der Waals surface area (Å²) in [6.07, 6.45) is 5.08. The van der Waals surface area contributed by atoms with Crippen LogP contribution < -0.4 is 5.32 Å². The largest absolute Gasteiger partial charge is 0.508 e. The van der Waals surface area contributed by atoms with Gasteiger partial charge in [0.05, 0.1) is 33.4 Å². The quantitative estimate of drug-likeness (QED) is 0.320. The molecule has 2 aromatic carbocycles. The molecule has 1 saturated heterocycles. The van der Waals surface area contributed by atoms with Crippen molar-refractivity contribution >= 4 is 38.9 Å². The van der Waals surface area contributed by atoms with Crippen molar-refractivity contribution in [1.82, 2.24) is 14.7 Å². The van der Waals surface area contributed by atoms with Gasteiger partial charge in [-0.1, -0.05) is 30.2 Å². The Bertz CT molecular complexity index is 1520. The number of nitrogens with zero attached hydrogens (tertiary/aromatic N) is 3. The molecule has 1 fully saturated rings. The summed E-state index contributed by atoms with van der Waals surface area (Å²) < 4.78 is 16.4. The van der Waals surface area contributed by atoms with Crippen molar-refractivity contribution < 1.29 is 19.1 Å². The van der Waals surface area contributed by atoms with Crippen LogP contribution in [0.2, 0.25) is 0 Å². The second-order valence-corrected chi connectivity index (χ2v) is 10.3. The van der Waals surface area contributed by atoms with Crippen molar-refractivity contribution in [3.63, 3.8) is 0 Å². The zero-order valence-corrected chi connectivity index (χ0v) is 21.7. The van der Waals surface area contributed by atoms with E-state index < -0.39 is 0 Å². The highest BCUT2D eigenvalue weighted by Crippen LogP contribution is 2.31. The molecular formula is C29H27FN4O3S. The van der Waals surface area contributed by atoms with Crippen LogP contribution in [0.4, 0.5) is 10.1 Å². The SMILES string of the molecule is CC#C[C@@H](CC(=O)Nc1cnn(C2CCN(C(=O)c3cc4cccc(F)c4s3)CC2)c1)c1ccc(O)cc1. The number of piperidine rings is 1. The first kappa shape index (κ1) is 25.5. The smallest absolute Gasteiger partial charge is 0.263 e. The van der Waals surface area contributed by atoms with Gasteiger partial charge < -0.3 is 15.3 Å². The number of phenols is 1. The molecule has 4 aromatic rings. The first-order valence-corrected chi connectivity index (χ1v) is 13.3. The molecule has 0 spiro atoms. The summed E-state index contributed by atoms with van der Waals surface area (Å²) in [5, 5.41) is 17.6. The summed E-state index contributed by atoms with van der Waals surface area (Å²) in [5.74, 6) is 5.27. The van der Waals surface area contributed by atoms with Crippen LogP contribution in [0.3, 0.4) is 0 Å². The van der Waals surface area contributed by atoms with Crippen molar-refractivity contribution in [2.75, 3.05) is 18.4 Å². The lowest BCUT2D eigenvalue weighted by Crippen LogP contribution is -2.38. The number of aromatic hydroxyl groups is 1. The van der Waals surface area contributed by atoms with Crippen LogP contribution in [0.15, 0.2) is 60.9 Å². The normalized spacial score (nSPS) is 14.6. The molecule has 1 aliphatic heterocycles. The Hall–Kier alpha value is -4.16. The summed E-state index contributed by atoms with van der Waals surface area (Å²) in [6, 6.07) is 13.5. The zero-order chi connectivity index (χ0) is 26.6. The number of anilines is 1. The van der Waals surface area contributed by atoms with Gasteiger partial charge in [-0.15, -0.1) is 17.3 Å². The van der Waals surface area contributed by atoms with Crippen molar-refractivity contribution in [3.8, 4) is 17.6 Å². The van der Waals surface area contributed by atoms with E-state index in [0.717, 1.165) is 23.8 Å². The van der Waals surface area contributed by atoms with Gasteiger partial charge in [-0.3, -0.25) is 14.3 Å². The van der Waals surface area contributed by atoms with Crippen molar-refractivity contribution in [2.45, 2.75) is 38.1 Å². The number of phenolic OH excluding ortho intramolecular Hbond substituents is 1. The zero-order valence-electron chi connectivity index (χ0n) is 20.9. The molecule has 38 heavy (non-hydrogen) atoms. The highest BCUT2D eigenvalue weighted by Gasteiger charge is 2.26. The van der Waals surface area contributed by atoms with E-state index in [9.17, 15) is 19.1 Å². The van der Waals surface area contributed by atoms with Gasteiger partial charge in [0.25, 0.3) is 5.91 Å². The maximum Gasteiger partial charge on any atom is 0.263 e. The number of amides is 2. The molecule has 0 bridgehead atoms. The van der Waals surface area contributed by atoms with Crippen LogP contribution in [0.5, 0.6) is 5.75 Å². The lowest BCUT2D eigenvalue weighted by Gasteiger charge is -2.31. The molecule has 3 heterocycles. The standard InChI is InChI=1S/C29H27FN4O3S/c1-2-4-20(19-7-9-24(35)10-8-19)16-27(36)32-22-17-31-34(18-22)23-11-13-33(14-12-23)29(37)26-15-21-5-3-6-25(30)28(21)38-26/h3,5-10,15,17-18,20,23,35H,11-14,16H2,1H3,(H,32,36)/t20-/m0/s1. The number of halogens is 1. The van der Waals surface area contributed by atoms with Crippen LogP contribution in [0.25, 0.3) is 10.1 Å². The van der Waals surface area contributed by atoms with Crippen LogP contribution in [-0.4, -0.2) is 44.7 Å². The lowest BCUT2D eigenvalue weighted by atomic mass is 9.96. The lowest BCUT2D eigenvalue weighted by molar-refractivity contribution is -0.116. The highest BCUT2D eigenvalue weighted by molar-refractivity contribution is 7.20. The minimum absolute atomic E-state index is 0.0733. The fraction of sp³-hybridized carbons (Fsp3) is 0.276. The minimum Gasteiger partial charge on any atom is -0.508 e. The number of carbonyl (C=O) groups is 2. The van der Waals surface area contributed by atoms with E-state index in [1.54, 1.807) is 49.5 Å². The summed E-state index contributed by atoms with van der Waals surface area (Å²) in [5.41, 5.74) is 1.47. The number of benzene rings is 2. The number of thiophene rings is 1. The molecule has 194 valence electrons. The predicted molar refractivity (Wildman–Crippen MR) is 146 cm³/mol. The first-order chi connectivity index (χ1) is 18.4. The monoisotopic (exact) mass is 530 g/mol. The van der Waals surface area contributed by atoms with E-state index in [-0.39, 0.29) is 41.8 Å². The Morgan fingerprint density at radius 1 is 1.21 bits per heavy atom. The molecule has 0 aliphatic carbocycles. The third kappa shape index (κ3) is 5.55. The number of aromatic nitrogens is 2. The summed E-state index contributed by atoms with van der Waals surface area (Å²) >= 11 is 1.19. The number of fused-ring (bicyclic) bond motifs is 1. The third-order valence-corrected chi connectivity index (χ3v) is 7.87.